The van der Waals surface area contributed by atoms with Crippen molar-refractivity contribution in [3.05, 3.63) is 28.8 Å². The van der Waals surface area contributed by atoms with Crippen LogP contribution in [0.4, 0.5) is 0 Å². The van der Waals surface area contributed by atoms with Gasteiger partial charge in [0.1, 0.15) is 24.4 Å². The molecule has 4 atom stereocenters. The molecular weight excluding hydrogens is 422 g/mol. The SMILES string of the molecule is CC[C@H](C)[C@H](NC(=O)[C@H](CC(C)C)NC(=O)c1ccc(Cl)cc1OC[C@H](C)N)C(=O)O. The van der Waals surface area contributed by atoms with Crippen molar-refractivity contribution in [2.24, 2.45) is 17.6 Å². The number of hydrogen-bond donors (Lipinski definition) is 4. The predicted octanol–water partition coefficient (Wildman–Crippen LogP) is 2.83. The van der Waals surface area contributed by atoms with E-state index in [9.17, 15) is 19.5 Å². The van der Waals surface area contributed by atoms with Gasteiger partial charge in [-0.15, -0.1) is 0 Å². The van der Waals surface area contributed by atoms with Crippen LogP contribution in [-0.2, 0) is 9.59 Å². The smallest absolute Gasteiger partial charge is 0.326 e. The molecule has 31 heavy (non-hydrogen) atoms. The van der Waals surface area contributed by atoms with E-state index in [1.165, 1.54) is 12.1 Å². The fraction of sp³-hybridized carbons (Fsp3) is 0.591. The molecule has 0 spiro atoms. The quantitative estimate of drug-likeness (QED) is 0.383. The standard InChI is InChI=1S/C22H34ClN3O5/c1-6-13(4)19(22(29)30)26-21(28)17(9-12(2)3)25-20(27)16-8-7-15(23)10-18(16)31-11-14(5)24/h7-8,10,12-14,17,19H,6,9,11,24H2,1-5H3,(H,25,27)(H,26,28)(H,29,30)/t13-,14-,17-,19-/m0/s1. The summed E-state index contributed by atoms with van der Waals surface area (Å²) in [7, 11) is 0. The average molecular weight is 456 g/mol. The molecule has 1 rings (SSSR count). The highest BCUT2D eigenvalue weighted by atomic mass is 35.5. The second-order valence-electron chi connectivity index (χ2n) is 8.29. The van der Waals surface area contributed by atoms with Crippen molar-refractivity contribution in [3.63, 3.8) is 0 Å². The number of carbonyl (C=O) groups is 3. The van der Waals surface area contributed by atoms with Crippen molar-refractivity contribution in [1.82, 2.24) is 10.6 Å². The summed E-state index contributed by atoms with van der Waals surface area (Å²) in [6, 6.07) is 2.39. The van der Waals surface area contributed by atoms with Gasteiger partial charge < -0.3 is 26.2 Å². The molecule has 0 unspecified atom stereocenters. The first-order valence-electron chi connectivity index (χ1n) is 10.5. The summed E-state index contributed by atoms with van der Waals surface area (Å²) in [6.07, 6.45) is 0.928. The van der Waals surface area contributed by atoms with Crippen LogP contribution in [0.5, 0.6) is 5.75 Å². The zero-order valence-electron chi connectivity index (χ0n) is 18.8. The molecule has 1 aromatic carbocycles. The first-order valence-corrected chi connectivity index (χ1v) is 10.9. The molecule has 5 N–H and O–H groups in total. The van der Waals surface area contributed by atoms with Gasteiger partial charge in [-0.1, -0.05) is 45.7 Å². The molecule has 0 aliphatic carbocycles. The maximum absolute atomic E-state index is 13.0. The third kappa shape index (κ3) is 8.75. The molecule has 0 saturated carbocycles. The summed E-state index contributed by atoms with van der Waals surface area (Å²) >= 11 is 6.03. The predicted molar refractivity (Wildman–Crippen MR) is 120 cm³/mol. The van der Waals surface area contributed by atoms with Crippen LogP contribution in [0.3, 0.4) is 0 Å². The Labute approximate surface area is 188 Å². The Morgan fingerprint density at radius 2 is 1.81 bits per heavy atom. The Morgan fingerprint density at radius 1 is 1.16 bits per heavy atom. The van der Waals surface area contributed by atoms with Gasteiger partial charge in [-0.25, -0.2) is 4.79 Å². The van der Waals surface area contributed by atoms with Gasteiger partial charge in [0.15, 0.2) is 0 Å². The zero-order chi connectivity index (χ0) is 23.7. The van der Waals surface area contributed by atoms with Crippen LogP contribution in [0.1, 0.15) is 57.8 Å². The molecule has 1 aromatic rings. The normalized spacial score (nSPS) is 15.0. The summed E-state index contributed by atoms with van der Waals surface area (Å²) < 4.78 is 5.62. The van der Waals surface area contributed by atoms with E-state index in [-0.39, 0.29) is 35.8 Å². The largest absolute Gasteiger partial charge is 0.491 e. The zero-order valence-corrected chi connectivity index (χ0v) is 19.5. The Kier molecular flexibility index (Phi) is 10.8. The third-order valence-corrected chi connectivity index (χ3v) is 5.03. The van der Waals surface area contributed by atoms with Crippen molar-refractivity contribution in [2.75, 3.05) is 6.61 Å². The second-order valence-corrected chi connectivity index (χ2v) is 8.73. The minimum atomic E-state index is -1.11. The minimum absolute atomic E-state index is 0.0851. The molecule has 0 heterocycles. The van der Waals surface area contributed by atoms with E-state index in [1.807, 2.05) is 20.8 Å². The minimum Gasteiger partial charge on any atom is -0.491 e. The number of benzene rings is 1. The Morgan fingerprint density at radius 3 is 2.32 bits per heavy atom. The highest BCUT2D eigenvalue weighted by molar-refractivity contribution is 6.30. The van der Waals surface area contributed by atoms with E-state index in [0.29, 0.717) is 17.9 Å². The topological polar surface area (TPSA) is 131 Å². The molecule has 8 nitrogen and oxygen atoms in total. The van der Waals surface area contributed by atoms with Gasteiger partial charge in [0.2, 0.25) is 5.91 Å². The molecule has 174 valence electrons. The molecule has 0 aromatic heterocycles. The highest BCUT2D eigenvalue weighted by Gasteiger charge is 2.30. The number of rotatable bonds is 12. The number of amides is 2. The van der Waals surface area contributed by atoms with Gasteiger partial charge in [-0.05, 0) is 43.4 Å². The molecule has 9 heteroatoms. The number of ether oxygens (including phenoxy) is 1. The van der Waals surface area contributed by atoms with Gasteiger partial charge in [-0.2, -0.15) is 0 Å². The lowest BCUT2D eigenvalue weighted by Gasteiger charge is -2.25. The van der Waals surface area contributed by atoms with Crippen molar-refractivity contribution >= 4 is 29.4 Å². The molecule has 0 fully saturated rings. The molecular formula is C22H34ClN3O5. The monoisotopic (exact) mass is 455 g/mol. The van der Waals surface area contributed by atoms with Crippen molar-refractivity contribution in [3.8, 4) is 5.75 Å². The number of nitrogens with two attached hydrogens (primary N) is 1. The number of carboxylic acids is 1. The lowest BCUT2D eigenvalue weighted by Crippen LogP contribution is -2.53. The van der Waals surface area contributed by atoms with Gasteiger partial charge in [-0.3, -0.25) is 9.59 Å². The molecule has 0 aliphatic heterocycles. The van der Waals surface area contributed by atoms with E-state index < -0.39 is 29.9 Å². The lowest BCUT2D eigenvalue weighted by atomic mass is 9.97. The number of hydrogen-bond acceptors (Lipinski definition) is 5. The van der Waals surface area contributed by atoms with E-state index in [0.717, 1.165) is 0 Å². The number of aliphatic carboxylic acids is 1. The van der Waals surface area contributed by atoms with Gasteiger partial charge in [0, 0.05) is 11.1 Å². The molecule has 0 bridgehead atoms. The molecule has 0 saturated heterocycles. The van der Waals surface area contributed by atoms with Crippen LogP contribution in [0.2, 0.25) is 5.02 Å². The summed E-state index contributed by atoms with van der Waals surface area (Å²) in [6.45, 7) is 9.38. The molecule has 0 aliphatic rings. The maximum Gasteiger partial charge on any atom is 0.326 e. The highest BCUT2D eigenvalue weighted by Crippen LogP contribution is 2.24. The van der Waals surface area contributed by atoms with Crippen LogP contribution >= 0.6 is 11.6 Å². The fourth-order valence-corrected chi connectivity index (χ4v) is 3.06. The average Bonchev–Trinajstić information content (AvgIpc) is 2.68. The summed E-state index contributed by atoms with van der Waals surface area (Å²) in [5.74, 6) is -2.08. The van der Waals surface area contributed by atoms with Crippen molar-refractivity contribution < 1.29 is 24.2 Å². The van der Waals surface area contributed by atoms with Crippen LogP contribution in [0.25, 0.3) is 0 Å². The van der Waals surface area contributed by atoms with E-state index in [1.54, 1.807) is 19.9 Å². The van der Waals surface area contributed by atoms with Crippen molar-refractivity contribution in [2.45, 2.75) is 65.6 Å². The number of carboxylic acid groups (broad SMARTS) is 1. The Hall–Kier alpha value is -2.32. The Bertz CT molecular complexity index is 770. The van der Waals surface area contributed by atoms with Crippen LogP contribution in [-0.4, -0.2) is 47.6 Å². The fourth-order valence-electron chi connectivity index (χ4n) is 2.90. The first-order chi connectivity index (χ1) is 14.5. The van der Waals surface area contributed by atoms with Crippen molar-refractivity contribution in [1.29, 1.82) is 0 Å². The van der Waals surface area contributed by atoms with E-state index in [4.69, 9.17) is 22.1 Å². The van der Waals surface area contributed by atoms with Gasteiger partial charge in [0.25, 0.3) is 5.91 Å². The first kappa shape index (κ1) is 26.7. The number of halogens is 1. The Balaban J connectivity index is 3.08. The molecule has 2 amide bonds. The van der Waals surface area contributed by atoms with Gasteiger partial charge >= 0.3 is 5.97 Å². The van der Waals surface area contributed by atoms with Gasteiger partial charge in [0.05, 0.1) is 5.56 Å². The summed E-state index contributed by atoms with van der Waals surface area (Å²) in [5.41, 5.74) is 5.94. The van der Waals surface area contributed by atoms with Crippen LogP contribution in [0, 0.1) is 11.8 Å². The maximum atomic E-state index is 13.0. The lowest BCUT2D eigenvalue weighted by molar-refractivity contribution is -0.143. The number of carbonyl (C=O) groups excluding carboxylic acids is 2. The number of nitrogens with one attached hydrogen (secondary N) is 2. The third-order valence-electron chi connectivity index (χ3n) is 4.80. The second kappa shape index (κ2) is 12.5. The van der Waals surface area contributed by atoms with Crippen LogP contribution < -0.4 is 21.1 Å². The van der Waals surface area contributed by atoms with E-state index in [2.05, 4.69) is 10.6 Å². The summed E-state index contributed by atoms with van der Waals surface area (Å²) in [5, 5.41) is 15.2. The molecule has 0 radical (unpaired) electrons. The van der Waals surface area contributed by atoms with Crippen LogP contribution in [0.15, 0.2) is 18.2 Å². The summed E-state index contributed by atoms with van der Waals surface area (Å²) in [4.78, 5) is 37.4. The van der Waals surface area contributed by atoms with E-state index >= 15 is 0 Å².